The quantitative estimate of drug-likeness (QED) is 0.115. The summed E-state index contributed by atoms with van der Waals surface area (Å²) in [7, 11) is -1.29. The van der Waals surface area contributed by atoms with Gasteiger partial charge >= 0.3 is 12.1 Å². The van der Waals surface area contributed by atoms with Crippen LogP contribution in [-0.2, 0) is 33.3 Å². The molecule has 0 saturated heterocycles. The second-order valence-corrected chi connectivity index (χ2v) is 22.1. The van der Waals surface area contributed by atoms with E-state index in [0.29, 0.717) is 19.4 Å². The molecule has 0 aliphatic rings. The second-order valence-electron chi connectivity index (χ2n) is 16.5. The Kier molecular flexibility index (Phi) is 14.1. The Morgan fingerprint density at radius 1 is 0.544 bits per heavy atom. The number of amides is 1. The van der Waals surface area contributed by atoms with Crippen molar-refractivity contribution in [2.45, 2.75) is 77.2 Å². The number of alkyl carbamates (subject to hydrolysis) is 1. The van der Waals surface area contributed by atoms with Crippen LogP contribution in [-0.4, -0.2) is 31.8 Å². The van der Waals surface area contributed by atoms with Gasteiger partial charge in [0.15, 0.2) is 0 Å². The molecule has 0 atom stereocenters. The summed E-state index contributed by atoms with van der Waals surface area (Å²) in [6.07, 6.45) is 0.669. The van der Waals surface area contributed by atoms with Crippen LogP contribution in [0.5, 0.6) is 0 Å². The fourth-order valence-electron chi connectivity index (χ4n) is 7.36. The van der Waals surface area contributed by atoms with Crippen molar-refractivity contribution in [3.8, 4) is 0 Å². The summed E-state index contributed by atoms with van der Waals surface area (Å²) in [5.74, 6) is -0.826. The Morgan fingerprint density at radius 3 is 1.32 bits per heavy atom. The molecule has 1 amide bonds. The SMILES string of the molecule is Cc1cccc(C(Cc2ccccc2)(C(=O)O)c2cccc(C)c2)c1.Cc1cccc(C(Cc2ccccc2)(NC(=O)OCC[Si](C)(C)C)c2cccc(C)c2)c1. The average molecular weight is 776 g/mol. The van der Waals surface area contributed by atoms with Gasteiger partial charge in [0.05, 0.1) is 12.1 Å². The van der Waals surface area contributed by atoms with Crippen LogP contribution in [0.1, 0.15) is 55.6 Å². The zero-order valence-electron chi connectivity index (χ0n) is 34.5. The fourth-order valence-corrected chi connectivity index (χ4v) is 8.07. The Hall–Kier alpha value is -5.72. The molecule has 0 bridgehead atoms. The molecule has 6 aromatic rings. The van der Waals surface area contributed by atoms with E-state index in [9.17, 15) is 14.7 Å². The molecule has 0 radical (unpaired) electrons. The van der Waals surface area contributed by atoms with Crippen LogP contribution in [0.25, 0.3) is 0 Å². The number of carbonyl (C=O) groups is 2. The lowest BCUT2D eigenvalue weighted by Gasteiger charge is -2.36. The molecule has 0 fully saturated rings. The molecule has 2 N–H and O–H groups in total. The van der Waals surface area contributed by atoms with E-state index in [1.54, 1.807) is 0 Å². The molecule has 0 aromatic heterocycles. The smallest absolute Gasteiger partial charge is 0.408 e. The highest BCUT2D eigenvalue weighted by Crippen LogP contribution is 2.38. The van der Waals surface area contributed by atoms with Crippen LogP contribution in [0.4, 0.5) is 4.79 Å². The van der Waals surface area contributed by atoms with E-state index in [1.165, 1.54) is 0 Å². The summed E-state index contributed by atoms with van der Waals surface area (Å²) in [6, 6.07) is 53.6. The maximum absolute atomic E-state index is 13.1. The van der Waals surface area contributed by atoms with Crippen molar-refractivity contribution >= 4 is 20.1 Å². The van der Waals surface area contributed by atoms with Gasteiger partial charge in [-0.15, -0.1) is 0 Å². The van der Waals surface area contributed by atoms with Crippen molar-refractivity contribution < 1.29 is 19.4 Å². The van der Waals surface area contributed by atoms with Gasteiger partial charge < -0.3 is 15.2 Å². The van der Waals surface area contributed by atoms with Gasteiger partial charge in [-0.1, -0.05) is 200 Å². The Balaban J connectivity index is 0.000000224. The summed E-state index contributed by atoms with van der Waals surface area (Å²) in [5.41, 5.74) is 8.46. The van der Waals surface area contributed by atoms with E-state index in [4.69, 9.17) is 4.74 Å². The van der Waals surface area contributed by atoms with Gasteiger partial charge in [-0.05, 0) is 73.5 Å². The molecule has 0 aliphatic carbocycles. The van der Waals surface area contributed by atoms with Crippen molar-refractivity contribution in [1.29, 1.82) is 0 Å². The number of rotatable bonds is 13. The first-order chi connectivity index (χ1) is 27.2. The Morgan fingerprint density at radius 2 is 0.930 bits per heavy atom. The minimum atomic E-state index is -1.29. The highest BCUT2D eigenvalue weighted by Gasteiger charge is 2.42. The molecular formula is C51H57NO4Si. The Labute approximate surface area is 340 Å². The van der Waals surface area contributed by atoms with Crippen molar-refractivity contribution in [2.75, 3.05) is 6.61 Å². The standard InChI is InChI=1S/C28H35NO2Si.C23H22O2/c1-22-11-9-15-25(19-22)28(21-24-13-7-6-8-14-24,26-16-10-12-23(2)20-26)29-27(30)31-17-18-32(3,4)5;1-17-8-6-12-20(14-17)23(22(24)25,16-19-10-4-3-5-11-19)21-13-7-9-18(2)15-21/h6-16,19-20H,17-18,21H2,1-5H3,(H,29,30);3-15H,16H2,1-2H3,(H,24,25). The molecule has 6 rings (SSSR count). The van der Waals surface area contributed by atoms with Crippen LogP contribution in [0.2, 0.25) is 25.7 Å². The first kappa shape index (κ1) is 42.4. The molecular weight excluding hydrogens is 719 g/mol. The largest absolute Gasteiger partial charge is 0.480 e. The van der Waals surface area contributed by atoms with Crippen molar-refractivity contribution in [2.24, 2.45) is 0 Å². The van der Waals surface area contributed by atoms with Gasteiger partial charge in [-0.25, -0.2) is 4.79 Å². The topological polar surface area (TPSA) is 75.6 Å². The number of carboxylic acids is 1. The van der Waals surface area contributed by atoms with Gasteiger partial charge in [-0.2, -0.15) is 0 Å². The molecule has 6 heteroatoms. The number of aryl methyl sites for hydroxylation is 4. The average Bonchev–Trinajstić information content (AvgIpc) is 3.17. The number of hydrogen-bond donors (Lipinski definition) is 2. The lowest BCUT2D eigenvalue weighted by atomic mass is 9.70. The zero-order valence-corrected chi connectivity index (χ0v) is 35.5. The van der Waals surface area contributed by atoms with Crippen molar-refractivity contribution in [3.05, 3.63) is 213 Å². The van der Waals surface area contributed by atoms with Gasteiger partial charge in [0.2, 0.25) is 0 Å². The number of benzene rings is 6. The normalized spacial score (nSPS) is 11.6. The zero-order chi connectivity index (χ0) is 41.1. The number of aliphatic carboxylic acids is 1. The van der Waals surface area contributed by atoms with Crippen molar-refractivity contribution in [1.82, 2.24) is 5.32 Å². The van der Waals surface area contributed by atoms with Gasteiger partial charge in [0, 0.05) is 14.5 Å². The van der Waals surface area contributed by atoms with Crippen molar-refractivity contribution in [3.63, 3.8) is 0 Å². The summed E-state index contributed by atoms with van der Waals surface area (Å²) < 4.78 is 5.70. The Bertz CT molecular complexity index is 2150. The molecule has 6 aromatic carbocycles. The molecule has 0 saturated carbocycles. The number of nitrogens with one attached hydrogen (secondary N) is 1. The summed E-state index contributed by atoms with van der Waals surface area (Å²) in [5, 5.41) is 13.7. The first-order valence-corrected chi connectivity index (χ1v) is 23.5. The van der Waals surface area contributed by atoms with Gasteiger partial charge in [0.1, 0.15) is 5.41 Å². The first-order valence-electron chi connectivity index (χ1n) is 19.7. The molecule has 5 nitrogen and oxygen atoms in total. The van der Waals surface area contributed by atoms with Crippen LogP contribution in [0.15, 0.2) is 158 Å². The van der Waals surface area contributed by atoms with E-state index in [-0.39, 0.29) is 6.09 Å². The van der Waals surface area contributed by atoms with Crippen LogP contribution < -0.4 is 5.32 Å². The molecule has 57 heavy (non-hydrogen) atoms. The summed E-state index contributed by atoms with van der Waals surface area (Å²) in [6.45, 7) is 15.5. The maximum atomic E-state index is 13.1. The number of hydrogen-bond acceptors (Lipinski definition) is 3. The molecule has 294 valence electrons. The number of carboxylic acid groups (broad SMARTS) is 1. The van der Waals surface area contributed by atoms with E-state index < -0.39 is 25.0 Å². The van der Waals surface area contributed by atoms with Gasteiger partial charge in [0.25, 0.3) is 0 Å². The number of carbonyl (C=O) groups excluding carboxylic acids is 1. The predicted octanol–water partition coefficient (Wildman–Crippen LogP) is 11.8. The highest BCUT2D eigenvalue weighted by molar-refractivity contribution is 6.76. The summed E-state index contributed by atoms with van der Waals surface area (Å²) >= 11 is 0. The fraction of sp³-hybridized carbons (Fsp3) is 0.255. The monoisotopic (exact) mass is 775 g/mol. The third-order valence-electron chi connectivity index (χ3n) is 10.4. The lowest BCUT2D eigenvalue weighted by Crippen LogP contribution is -2.49. The van der Waals surface area contributed by atoms with E-state index >= 15 is 0 Å². The van der Waals surface area contributed by atoms with E-state index in [2.05, 4.69) is 99.5 Å². The molecule has 0 heterocycles. The third-order valence-corrected chi connectivity index (χ3v) is 12.1. The predicted molar refractivity (Wildman–Crippen MR) is 237 cm³/mol. The summed E-state index contributed by atoms with van der Waals surface area (Å²) in [4.78, 5) is 25.8. The number of ether oxygens (including phenoxy) is 1. The molecule has 0 spiro atoms. The van der Waals surface area contributed by atoms with E-state index in [1.807, 2.05) is 111 Å². The highest BCUT2D eigenvalue weighted by atomic mass is 28.3. The van der Waals surface area contributed by atoms with E-state index in [0.717, 1.165) is 61.7 Å². The van der Waals surface area contributed by atoms with Gasteiger partial charge in [-0.3, -0.25) is 4.79 Å². The van der Waals surface area contributed by atoms with Crippen LogP contribution in [0.3, 0.4) is 0 Å². The minimum absolute atomic E-state index is 0.373. The third kappa shape index (κ3) is 11.2. The molecule has 0 aliphatic heterocycles. The second kappa shape index (κ2) is 18.9. The maximum Gasteiger partial charge on any atom is 0.408 e. The van der Waals surface area contributed by atoms with Crippen LogP contribution in [0, 0.1) is 27.7 Å². The lowest BCUT2D eigenvalue weighted by molar-refractivity contribution is -0.142. The molecule has 0 unspecified atom stereocenters. The minimum Gasteiger partial charge on any atom is -0.480 e. The van der Waals surface area contributed by atoms with Crippen LogP contribution >= 0.6 is 0 Å².